The number of rotatable bonds is 4. The van der Waals surface area contributed by atoms with Gasteiger partial charge in [-0.05, 0) is 54.6 Å². The molecular formula is C21H15ClN2O2S. The minimum Gasteiger partial charge on any atom is -0.497 e. The first-order valence-electron chi connectivity index (χ1n) is 8.25. The SMILES string of the molecule is COc1ccc(C(=O)Nc2ccc(-c3nc4ccccc4s3)c(Cl)c2)cc1. The van der Waals surface area contributed by atoms with Gasteiger partial charge in [0, 0.05) is 16.8 Å². The highest BCUT2D eigenvalue weighted by atomic mass is 35.5. The van der Waals surface area contributed by atoms with Crippen LogP contribution >= 0.6 is 22.9 Å². The molecule has 0 spiro atoms. The van der Waals surface area contributed by atoms with Crippen molar-refractivity contribution in [1.82, 2.24) is 4.98 Å². The summed E-state index contributed by atoms with van der Waals surface area (Å²) in [5, 5.41) is 4.26. The van der Waals surface area contributed by atoms with E-state index in [1.165, 1.54) is 0 Å². The summed E-state index contributed by atoms with van der Waals surface area (Å²) in [7, 11) is 1.59. The first-order valence-corrected chi connectivity index (χ1v) is 9.44. The van der Waals surface area contributed by atoms with Gasteiger partial charge in [0.15, 0.2) is 0 Å². The molecule has 0 aliphatic heterocycles. The predicted octanol–water partition coefficient (Wildman–Crippen LogP) is 5.88. The lowest BCUT2D eigenvalue weighted by atomic mass is 10.1. The Hall–Kier alpha value is -2.89. The van der Waals surface area contributed by atoms with Crippen LogP contribution < -0.4 is 10.1 Å². The number of carbonyl (C=O) groups excluding carboxylic acids is 1. The molecule has 0 atom stereocenters. The fraction of sp³-hybridized carbons (Fsp3) is 0.0476. The maximum atomic E-state index is 12.4. The molecule has 0 aliphatic carbocycles. The Morgan fingerprint density at radius 1 is 1.07 bits per heavy atom. The highest BCUT2D eigenvalue weighted by Crippen LogP contribution is 2.35. The van der Waals surface area contributed by atoms with E-state index in [9.17, 15) is 4.79 Å². The number of amides is 1. The number of nitrogens with zero attached hydrogens (tertiary/aromatic N) is 1. The topological polar surface area (TPSA) is 51.2 Å². The molecule has 27 heavy (non-hydrogen) atoms. The molecule has 3 aromatic carbocycles. The van der Waals surface area contributed by atoms with E-state index in [1.54, 1.807) is 48.8 Å². The molecular weight excluding hydrogens is 380 g/mol. The van der Waals surface area contributed by atoms with Gasteiger partial charge in [0.1, 0.15) is 10.8 Å². The average molecular weight is 395 g/mol. The van der Waals surface area contributed by atoms with Gasteiger partial charge in [0.05, 0.1) is 22.3 Å². The second kappa shape index (κ2) is 7.39. The standard InChI is InChI=1S/C21H15ClN2O2S/c1-26-15-9-6-13(7-10-15)20(25)23-14-8-11-16(17(22)12-14)21-24-18-4-2-3-5-19(18)27-21/h2-12H,1H3,(H,23,25). The van der Waals surface area contributed by atoms with Crippen molar-refractivity contribution in [3.8, 4) is 16.3 Å². The summed E-state index contributed by atoms with van der Waals surface area (Å²) in [6, 6.07) is 20.3. The van der Waals surface area contributed by atoms with Crippen molar-refractivity contribution in [2.45, 2.75) is 0 Å². The molecule has 4 aromatic rings. The lowest BCUT2D eigenvalue weighted by molar-refractivity contribution is 0.102. The quantitative estimate of drug-likeness (QED) is 0.470. The highest BCUT2D eigenvalue weighted by molar-refractivity contribution is 7.21. The number of anilines is 1. The van der Waals surface area contributed by atoms with Crippen molar-refractivity contribution in [2.24, 2.45) is 0 Å². The van der Waals surface area contributed by atoms with E-state index in [0.717, 1.165) is 20.8 Å². The Kier molecular flexibility index (Phi) is 4.79. The predicted molar refractivity (Wildman–Crippen MR) is 111 cm³/mol. The van der Waals surface area contributed by atoms with Gasteiger partial charge in [-0.1, -0.05) is 23.7 Å². The summed E-state index contributed by atoms with van der Waals surface area (Å²) in [4.78, 5) is 17.0. The Labute approximate surface area is 165 Å². The second-order valence-electron chi connectivity index (χ2n) is 5.86. The van der Waals surface area contributed by atoms with Crippen molar-refractivity contribution in [1.29, 1.82) is 0 Å². The van der Waals surface area contributed by atoms with Gasteiger partial charge in [-0.25, -0.2) is 4.98 Å². The summed E-state index contributed by atoms with van der Waals surface area (Å²) in [6.45, 7) is 0. The van der Waals surface area contributed by atoms with Crippen LogP contribution in [0.2, 0.25) is 5.02 Å². The van der Waals surface area contributed by atoms with Gasteiger partial charge in [-0.2, -0.15) is 0 Å². The Morgan fingerprint density at radius 3 is 2.56 bits per heavy atom. The van der Waals surface area contributed by atoms with E-state index < -0.39 is 0 Å². The first-order chi connectivity index (χ1) is 13.1. The zero-order chi connectivity index (χ0) is 18.8. The number of aromatic nitrogens is 1. The van der Waals surface area contributed by atoms with Crippen LogP contribution in [0.4, 0.5) is 5.69 Å². The normalized spacial score (nSPS) is 10.7. The number of benzene rings is 3. The molecule has 0 saturated heterocycles. The van der Waals surface area contributed by atoms with E-state index in [-0.39, 0.29) is 5.91 Å². The number of carbonyl (C=O) groups is 1. The highest BCUT2D eigenvalue weighted by Gasteiger charge is 2.12. The number of halogens is 1. The van der Waals surface area contributed by atoms with E-state index in [0.29, 0.717) is 22.0 Å². The zero-order valence-corrected chi connectivity index (χ0v) is 16.0. The monoisotopic (exact) mass is 394 g/mol. The van der Waals surface area contributed by atoms with Crippen LogP contribution in [0.25, 0.3) is 20.8 Å². The summed E-state index contributed by atoms with van der Waals surface area (Å²) in [5.41, 5.74) is 2.97. The summed E-state index contributed by atoms with van der Waals surface area (Å²) in [5.74, 6) is 0.497. The summed E-state index contributed by atoms with van der Waals surface area (Å²) >= 11 is 8.05. The minimum absolute atomic E-state index is 0.207. The molecule has 1 aromatic heterocycles. The third-order valence-corrected chi connectivity index (χ3v) is 5.49. The molecule has 1 heterocycles. The third kappa shape index (κ3) is 3.65. The molecule has 0 fully saturated rings. The van der Waals surface area contributed by atoms with Gasteiger partial charge in [0.2, 0.25) is 0 Å². The van der Waals surface area contributed by atoms with E-state index in [1.807, 2.05) is 36.4 Å². The lowest BCUT2D eigenvalue weighted by Crippen LogP contribution is -2.11. The molecule has 0 bridgehead atoms. The van der Waals surface area contributed by atoms with Gasteiger partial charge < -0.3 is 10.1 Å². The molecule has 4 nitrogen and oxygen atoms in total. The molecule has 0 radical (unpaired) electrons. The number of hydrogen-bond acceptors (Lipinski definition) is 4. The van der Waals surface area contributed by atoms with Crippen LogP contribution in [-0.2, 0) is 0 Å². The number of fused-ring (bicyclic) bond motifs is 1. The summed E-state index contributed by atoms with van der Waals surface area (Å²) < 4.78 is 6.22. The summed E-state index contributed by atoms with van der Waals surface area (Å²) in [6.07, 6.45) is 0. The fourth-order valence-corrected chi connectivity index (χ4v) is 4.03. The van der Waals surface area contributed by atoms with E-state index in [2.05, 4.69) is 10.3 Å². The molecule has 0 unspecified atom stereocenters. The van der Waals surface area contributed by atoms with Crippen LogP contribution in [0.3, 0.4) is 0 Å². The van der Waals surface area contributed by atoms with Crippen LogP contribution in [0.1, 0.15) is 10.4 Å². The molecule has 0 aliphatic rings. The molecule has 4 rings (SSSR count). The maximum Gasteiger partial charge on any atom is 0.255 e. The van der Waals surface area contributed by atoms with Crippen LogP contribution in [-0.4, -0.2) is 18.0 Å². The van der Waals surface area contributed by atoms with Gasteiger partial charge >= 0.3 is 0 Å². The van der Waals surface area contributed by atoms with Crippen molar-refractivity contribution in [3.63, 3.8) is 0 Å². The van der Waals surface area contributed by atoms with E-state index >= 15 is 0 Å². The molecule has 0 saturated carbocycles. The Balaban J connectivity index is 1.56. The number of ether oxygens (including phenoxy) is 1. The minimum atomic E-state index is -0.207. The van der Waals surface area contributed by atoms with Crippen molar-refractivity contribution < 1.29 is 9.53 Å². The van der Waals surface area contributed by atoms with Gasteiger partial charge in [-0.3, -0.25) is 4.79 Å². The number of para-hydroxylation sites is 1. The molecule has 1 N–H and O–H groups in total. The Bertz CT molecular complexity index is 1090. The second-order valence-corrected chi connectivity index (χ2v) is 7.30. The number of thiazole rings is 1. The number of hydrogen-bond donors (Lipinski definition) is 1. The van der Waals surface area contributed by atoms with Crippen molar-refractivity contribution in [2.75, 3.05) is 12.4 Å². The van der Waals surface area contributed by atoms with Gasteiger partial charge in [0.25, 0.3) is 5.91 Å². The average Bonchev–Trinajstić information content (AvgIpc) is 3.12. The van der Waals surface area contributed by atoms with E-state index in [4.69, 9.17) is 16.3 Å². The van der Waals surface area contributed by atoms with Crippen LogP contribution in [0.15, 0.2) is 66.7 Å². The Morgan fingerprint density at radius 2 is 1.85 bits per heavy atom. The van der Waals surface area contributed by atoms with Crippen LogP contribution in [0, 0.1) is 0 Å². The molecule has 134 valence electrons. The maximum absolute atomic E-state index is 12.4. The van der Waals surface area contributed by atoms with Crippen molar-refractivity contribution >= 4 is 44.7 Å². The van der Waals surface area contributed by atoms with Crippen LogP contribution in [0.5, 0.6) is 5.75 Å². The zero-order valence-electron chi connectivity index (χ0n) is 14.4. The van der Waals surface area contributed by atoms with Crippen molar-refractivity contribution in [3.05, 3.63) is 77.3 Å². The smallest absolute Gasteiger partial charge is 0.255 e. The molecule has 1 amide bonds. The first kappa shape index (κ1) is 17.5. The van der Waals surface area contributed by atoms with Gasteiger partial charge in [-0.15, -0.1) is 11.3 Å². The molecule has 6 heteroatoms. The largest absolute Gasteiger partial charge is 0.497 e. The number of methoxy groups -OCH3 is 1. The number of nitrogens with one attached hydrogen (secondary N) is 1. The lowest BCUT2D eigenvalue weighted by Gasteiger charge is -2.08. The third-order valence-electron chi connectivity index (χ3n) is 4.10. The fourth-order valence-electron chi connectivity index (χ4n) is 2.70.